The molecule has 0 saturated carbocycles. The summed E-state index contributed by atoms with van der Waals surface area (Å²) in [7, 11) is -3.62. The van der Waals surface area contributed by atoms with Crippen molar-refractivity contribution < 1.29 is 22.7 Å². The minimum absolute atomic E-state index is 0.00248. The molecule has 0 aliphatic carbocycles. The van der Waals surface area contributed by atoms with Gasteiger partial charge in [0.05, 0.1) is 4.90 Å². The van der Waals surface area contributed by atoms with Gasteiger partial charge in [-0.3, -0.25) is 4.79 Å². The highest BCUT2D eigenvalue weighted by atomic mass is 32.2. The highest BCUT2D eigenvalue weighted by Crippen LogP contribution is 2.37. The Kier molecular flexibility index (Phi) is 2.74. The number of allylic oxidation sites excluding steroid dienone is 1. The number of carboxylic acids is 1. The summed E-state index contributed by atoms with van der Waals surface area (Å²) in [5.74, 6) is -1.69. The van der Waals surface area contributed by atoms with Gasteiger partial charge in [-0.05, 0) is 24.1 Å². The van der Waals surface area contributed by atoms with Gasteiger partial charge in [0.15, 0.2) is 0 Å². The van der Waals surface area contributed by atoms with E-state index < -0.39 is 21.6 Å². The van der Waals surface area contributed by atoms with E-state index in [1.807, 2.05) is 0 Å². The van der Waals surface area contributed by atoms with Gasteiger partial charge in [0, 0.05) is 17.4 Å². The molecule has 1 heterocycles. The van der Waals surface area contributed by atoms with Crippen molar-refractivity contribution in [2.75, 3.05) is 0 Å². The van der Waals surface area contributed by atoms with Gasteiger partial charge >= 0.3 is 5.97 Å². The van der Waals surface area contributed by atoms with Gasteiger partial charge in [0.1, 0.15) is 5.82 Å². The molecule has 90 valence electrons. The number of fused-ring (bicyclic) bond motifs is 1. The predicted octanol–water partition coefficient (Wildman–Crippen LogP) is 1.82. The lowest BCUT2D eigenvalue weighted by Crippen LogP contribution is -1.97. The molecule has 0 radical (unpaired) electrons. The molecule has 0 fully saturated rings. The van der Waals surface area contributed by atoms with E-state index in [0.29, 0.717) is 0 Å². The monoisotopic (exact) mass is 256 g/mol. The number of sulfone groups is 1. The zero-order valence-electron chi connectivity index (χ0n) is 8.68. The van der Waals surface area contributed by atoms with Gasteiger partial charge in [-0.1, -0.05) is 6.07 Å². The fraction of sp³-hybridized carbons (Fsp3) is 0.182. The van der Waals surface area contributed by atoms with Gasteiger partial charge in [-0.15, -0.1) is 0 Å². The molecule has 0 unspecified atom stereocenters. The van der Waals surface area contributed by atoms with E-state index in [9.17, 15) is 17.6 Å². The second-order valence-corrected chi connectivity index (χ2v) is 5.46. The lowest BCUT2D eigenvalue weighted by Gasteiger charge is -2.03. The standard InChI is InChI=1S/C11H9FO4S/c12-8-2-1-3-9-11(8)7(4-5-10(13)14)6-17(9,15)16/h1-3,6H,4-5H2,(H,13,14). The number of carbonyl (C=O) groups is 1. The summed E-state index contributed by atoms with van der Waals surface area (Å²) in [4.78, 5) is 10.4. The van der Waals surface area contributed by atoms with Gasteiger partial charge in [-0.25, -0.2) is 12.8 Å². The normalized spacial score (nSPS) is 16.4. The van der Waals surface area contributed by atoms with Gasteiger partial charge in [0.25, 0.3) is 0 Å². The molecule has 0 bridgehead atoms. The average Bonchev–Trinajstić information content (AvgIpc) is 2.49. The van der Waals surface area contributed by atoms with Crippen LogP contribution < -0.4 is 0 Å². The van der Waals surface area contributed by atoms with Crippen LogP contribution in [-0.4, -0.2) is 19.5 Å². The Morgan fingerprint density at radius 3 is 2.71 bits per heavy atom. The van der Waals surface area contributed by atoms with E-state index in [4.69, 9.17) is 5.11 Å². The van der Waals surface area contributed by atoms with Gasteiger partial charge in [0.2, 0.25) is 9.84 Å². The van der Waals surface area contributed by atoms with Crippen molar-refractivity contribution in [3.05, 3.63) is 35.0 Å². The summed E-state index contributed by atoms with van der Waals surface area (Å²) in [5, 5.41) is 9.50. The van der Waals surface area contributed by atoms with Crippen LogP contribution in [0.4, 0.5) is 4.39 Å². The Morgan fingerprint density at radius 2 is 2.06 bits per heavy atom. The van der Waals surface area contributed by atoms with Crippen molar-refractivity contribution in [2.24, 2.45) is 0 Å². The lowest BCUT2D eigenvalue weighted by atomic mass is 10.0. The maximum atomic E-state index is 13.6. The molecule has 1 aromatic carbocycles. The van der Waals surface area contributed by atoms with E-state index in [2.05, 4.69) is 0 Å². The molecular formula is C11H9FO4S. The number of carboxylic acid groups (broad SMARTS) is 1. The zero-order chi connectivity index (χ0) is 12.6. The van der Waals surface area contributed by atoms with E-state index >= 15 is 0 Å². The summed E-state index contributed by atoms with van der Waals surface area (Å²) in [6, 6.07) is 3.80. The Hall–Kier alpha value is -1.69. The third-order valence-electron chi connectivity index (χ3n) is 2.51. The number of rotatable bonds is 3. The molecule has 0 saturated heterocycles. The predicted molar refractivity (Wildman–Crippen MR) is 58.4 cm³/mol. The molecule has 2 rings (SSSR count). The first kappa shape index (κ1) is 11.8. The van der Waals surface area contributed by atoms with Crippen molar-refractivity contribution >= 4 is 21.4 Å². The maximum Gasteiger partial charge on any atom is 0.303 e. The molecule has 0 spiro atoms. The number of benzene rings is 1. The Morgan fingerprint density at radius 1 is 1.35 bits per heavy atom. The van der Waals surface area contributed by atoms with Crippen molar-refractivity contribution in [3.8, 4) is 0 Å². The summed E-state index contributed by atoms with van der Waals surface area (Å²) in [5.41, 5.74) is 0.231. The molecule has 1 aliphatic heterocycles. The van der Waals surface area contributed by atoms with E-state index in [0.717, 1.165) is 11.5 Å². The molecule has 4 nitrogen and oxygen atoms in total. The highest BCUT2D eigenvalue weighted by molar-refractivity contribution is 7.95. The smallest absolute Gasteiger partial charge is 0.303 e. The number of hydrogen-bond donors (Lipinski definition) is 1. The van der Waals surface area contributed by atoms with E-state index in [-0.39, 0.29) is 28.9 Å². The largest absolute Gasteiger partial charge is 0.481 e. The minimum atomic E-state index is -3.62. The molecule has 6 heteroatoms. The molecule has 0 amide bonds. The third-order valence-corrected chi connectivity index (χ3v) is 4.06. The first-order valence-electron chi connectivity index (χ1n) is 4.88. The molecule has 0 aromatic heterocycles. The molecule has 17 heavy (non-hydrogen) atoms. The molecular weight excluding hydrogens is 247 g/mol. The van der Waals surface area contributed by atoms with Gasteiger partial charge in [-0.2, -0.15) is 0 Å². The molecule has 1 aromatic rings. The van der Waals surface area contributed by atoms with Crippen LogP contribution in [0.15, 0.2) is 28.5 Å². The van der Waals surface area contributed by atoms with Crippen molar-refractivity contribution in [1.29, 1.82) is 0 Å². The second-order valence-electron chi connectivity index (χ2n) is 3.69. The van der Waals surface area contributed by atoms with Crippen LogP contribution in [-0.2, 0) is 14.6 Å². The Balaban J connectivity index is 2.48. The average molecular weight is 256 g/mol. The van der Waals surface area contributed by atoms with Crippen LogP contribution in [0.1, 0.15) is 18.4 Å². The summed E-state index contributed by atoms with van der Waals surface area (Å²) < 4.78 is 36.9. The first-order valence-corrected chi connectivity index (χ1v) is 6.43. The SMILES string of the molecule is O=C(O)CCC1=CS(=O)(=O)c2cccc(F)c21. The number of hydrogen-bond acceptors (Lipinski definition) is 3. The van der Waals surface area contributed by atoms with Crippen LogP contribution in [0.5, 0.6) is 0 Å². The first-order chi connectivity index (χ1) is 7.92. The Bertz CT molecular complexity index is 616. The minimum Gasteiger partial charge on any atom is -0.481 e. The topological polar surface area (TPSA) is 71.4 Å². The van der Waals surface area contributed by atoms with E-state index in [1.54, 1.807) is 0 Å². The molecule has 0 atom stereocenters. The van der Waals surface area contributed by atoms with Crippen LogP contribution in [0.2, 0.25) is 0 Å². The fourth-order valence-corrected chi connectivity index (χ4v) is 3.31. The molecule has 1 aliphatic rings. The quantitative estimate of drug-likeness (QED) is 0.895. The Labute approximate surface area is 97.3 Å². The maximum absolute atomic E-state index is 13.6. The number of halogens is 1. The van der Waals surface area contributed by atoms with Crippen LogP contribution in [0.3, 0.4) is 0 Å². The molecule has 1 N–H and O–H groups in total. The fourth-order valence-electron chi connectivity index (χ4n) is 1.79. The summed E-state index contributed by atoms with van der Waals surface area (Å²) >= 11 is 0. The summed E-state index contributed by atoms with van der Waals surface area (Å²) in [6.45, 7) is 0. The second kappa shape index (κ2) is 3.96. The van der Waals surface area contributed by atoms with Crippen molar-refractivity contribution in [3.63, 3.8) is 0 Å². The van der Waals surface area contributed by atoms with Crippen LogP contribution >= 0.6 is 0 Å². The van der Waals surface area contributed by atoms with Crippen LogP contribution in [0.25, 0.3) is 5.57 Å². The number of aliphatic carboxylic acids is 1. The zero-order valence-corrected chi connectivity index (χ0v) is 9.50. The van der Waals surface area contributed by atoms with Gasteiger partial charge < -0.3 is 5.11 Å². The summed E-state index contributed by atoms with van der Waals surface area (Å²) in [6.07, 6.45) is -0.225. The van der Waals surface area contributed by atoms with Crippen molar-refractivity contribution in [1.82, 2.24) is 0 Å². The van der Waals surface area contributed by atoms with Crippen molar-refractivity contribution in [2.45, 2.75) is 17.7 Å². The third kappa shape index (κ3) is 2.08. The lowest BCUT2D eigenvalue weighted by molar-refractivity contribution is -0.136. The highest BCUT2D eigenvalue weighted by Gasteiger charge is 2.29. The van der Waals surface area contributed by atoms with Crippen LogP contribution in [0, 0.1) is 5.82 Å². The van der Waals surface area contributed by atoms with E-state index in [1.165, 1.54) is 12.1 Å².